The first-order valence-corrected chi connectivity index (χ1v) is 17.7. The van der Waals surface area contributed by atoms with E-state index in [1.54, 1.807) is 0 Å². The monoisotopic (exact) mass is 565 g/mol. The van der Waals surface area contributed by atoms with Gasteiger partial charge in [0, 0.05) is 12.8 Å². The maximum atomic E-state index is 12.5. The summed E-state index contributed by atoms with van der Waals surface area (Å²) in [5.41, 5.74) is 0. The average Bonchev–Trinajstić information content (AvgIpc) is 2.93. The van der Waals surface area contributed by atoms with E-state index >= 15 is 0 Å². The van der Waals surface area contributed by atoms with E-state index in [1.807, 2.05) is 0 Å². The molecule has 236 valence electrons. The Kier molecular flexibility index (Phi) is 31.1. The van der Waals surface area contributed by atoms with Crippen LogP contribution in [0, 0.1) is 0 Å². The number of carbonyl (C=O) groups excluding carboxylic acids is 1. The van der Waals surface area contributed by atoms with Gasteiger partial charge in [0.1, 0.15) is 6.10 Å². The number of hydrogen-bond donors (Lipinski definition) is 1. The summed E-state index contributed by atoms with van der Waals surface area (Å²) in [5.74, 6) is -0.657. The maximum absolute atomic E-state index is 12.5. The molecule has 0 heterocycles. The second-order valence-electron chi connectivity index (χ2n) is 12.1. The number of ether oxygens (including phenoxy) is 1. The molecular formula is C36H68O4. The third-order valence-corrected chi connectivity index (χ3v) is 7.99. The smallest absolute Gasteiger partial charge is 0.306 e. The molecule has 0 aromatic carbocycles. The molecule has 0 saturated heterocycles. The Bertz CT molecular complexity index is 571. The first-order valence-electron chi connectivity index (χ1n) is 17.7. The molecule has 0 fully saturated rings. The van der Waals surface area contributed by atoms with Crippen molar-refractivity contribution in [1.82, 2.24) is 0 Å². The summed E-state index contributed by atoms with van der Waals surface area (Å²) in [6.45, 7) is 4.51. The van der Waals surface area contributed by atoms with E-state index in [4.69, 9.17) is 9.84 Å². The second kappa shape index (κ2) is 32.2. The number of carboxylic acids is 1. The molecule has 0 radical (unpaired) electrons. The molecule has 1 N–H and O–H groups in total. The summed E-state index contributed by atoms with van der Waals surface area (Å²) >= 11 is 0. The number of unbranched alkanes of at least 4 members (excludes halogenated alkanes) is 21. The Labute approximate surface area is 249 Å². The fraction of sp³-hybridized carbons (Fsp3) is 0.889. The van der Waals surface area contributed by atoms with Gasteiger partial charge in [-0.25, -0.2) is 0 Å². The predicted molar refractivity (Wildman–Crippen MR) is 172 cm³/mol. The summed E-state index contributed by atoms with van der Waals surface area (Å²) in [7, 11) is 0. The van der Waals surface area contributed by atoms with Crippen molar-refractivity contribution in [2.24, 2.45) is 0 Å². The van der Waals surface area contributed by atoms with Crippen LogP contribution in [-0.2, 0) is 14.3 Å². The number of carboxylic acid groups (broad SMARTS) is 1. The lowest BCUT2D eigenvalue weighted by molar-refractivity contribution is -0.150. The summed E-state index contributed by atoms with van der Waals surface area (Å²) in [6, 6.07) is 0. The zero-order chi connectivity index (χ0) is 29.4. The molecule has 0 bridgehead atoms. The first kappa shape index (κ1) is 38.7. The van der Waals surface area contributed by atoms with Gasteiger partial charge in [-0.3, -0.25) is 9.59 Å². The standard InChI is InChI=1S/C36H68O4/c1-3-5-7-9-10-11-12-13-14-18-21-25-29-33-36(39)40-34(30-26-22-8-6-4-2)31-27-23-19-16-15-17-20-24-28-32-35(37)38/h11-12,34H,3-10,13-33H2,1-2H3,(H,37,38)/b12-11-. The van der Waals surface area contributed by atoms with Crippen molar-refractivity contribution in [3.8, 4) is 0 Å². The van der Waals surface area contributed by atoms with E-state index in [-0.39, 0.29) is 12.1 Å². The summed E-state index contributed by atoms with van der Waals surface area (Å²) in [5, 5.41) is 8.69. The van der Waals surface area contributed by atoms with E-state index in [2.05, 4.69) is 26.0 Å². The van der Waals surface area contributed by atoms with E-state index < -0.39 is 5.97 Å². The Hall–Kier alpha value is -1.32. The zero-order valence-corrected chi connectivity index (χ0v) is 26.9. The molecule has 0 spiro atoms. The molecule has 0 aliphatic heterocycles. The van der Waals surface area contributed by atoms with Crippen LogP contribution in [0.5, 0.6) is 0 Å². The van der Waals surface area contributed by atoms with Crippen molar-refractivity contribution in [2.45, 2.75) is 206 Å². The highest BCUT2D eigenvalue weighted by Crippen LogP contribution is 2.18. The summed E-state index contributed by atoms with van der Waals surface area (Å²) in [6.07, 6.45) is 38.1. The number of carbonyl (C=O) groups is 2. The minimum absolute atomic E-state index is 0.0208. The van der Waals surface area contributed by atoms with Crippen LogP contribution in [0.2, 0.25) is 0 Å². The third-order valence-electron chi connectivity index (χ3n) is 7.99. The molecule has 1 atom stereocenters. The topological polar surface area (TPSA) is 63.6 Å². The van der Waals surface area contributed by atoms with Gasteiger partial charge in [-0.2, -0.15) is 0 Å². The van der Waals surface area contributed by atoms with Crippen LogP contribution in [0.4, 0.5) is 0 Å². The first-order chi connectivity index (χ1) is 19.6. The summed E-state index contributed by atoms with van der Waals surface area (Å²) in [4.78, 5) is 23.1. The lowest BCUT2D eigenvalue weighted by atomic mass is 10.0. The molecule has 4 heteroatoms. The van der Waals surface area contributed by atoms with Crippen LogP contribution in [0.15, 0.2) is 12.2 Å². The number of aliphatic carboxylic acids is 1. The zero-order valence-electron chi connectivity index (χ0n) is 26.9. The van der Waals surface area contributed by atoms with Gasteiger partial charge in [-0.1, -0.05) is 135 Å². The largest absolute Gasteiger partial charge is 0.481 e. The van der Waals surface area contributed by atoms with Crippen LogP contribution >= 0.6 is 0 Å². The summed E-state index contributed by atoms with van der Waals surface area (Å²) < 4.78 is 5.97. The Balaban J connectivity index is 3.92. The molecule has 40 heavy (non-hydrogen) atoms. The molecule has 1 unspecified atom stereocenters. The number of hydrogen-bond acceptors (Lipinski definition) is 3. The Morgan fingerprint density at radius 3 is 1.38 bits per heavy atom. The SMILES string of the molecule is CCCCCC/C=C\CCCCCCCC(=O)OC(CCCCCCC)CCCCCCCCCCCC(=O)O. The van der Waals surface area contributed by atoms with Gasteiger partial charge >= 0.3 is 11.9 Å². The highest BCUT2D eigenvalue weighted by atomic mass is 16.5. The normalized spacial score (nSPS) is 12.2. The molecule has 0 aromatic rings. The van der Waals surface area contributed by atoms with Crippen LogP contribution < -0.4 is 0 Å². The molecule has 0 aliphatic carbocycles. The number of esters is 1. The van der Waals surface area contributed by atoms with Gasteiger partial charge < -0.3 is 9.84 Å². The van der Waals surface area contributed by atoms with Crippen LogP contribution in [0.25, 0.3) is 0 Å². The Morgan fingerprint density at radius 2 is 0.900 bits per heavy atom. The number of rotatable bonds is 32. The van der Waals surface area contributed by atoms with Gasteiger partial charge in [0.25, 0.3) is 0 Å². The quantitative estimate of drug-likeness (QED) is 0.0501. The maximum Gasteiger partial charge on any atom is 0.306 e. The van der Waals surface area contributed by atoms with Gasteiger partial charge in [0.05, 0.1) is 0 Å². The highest BCUT2D eigenvalue weighted by molar-refractivity contribution is 5.69. The fourth-order valence-electron chi connectivity index (χ4n) is 5.35. The van der Waals surface area contributed by atoms with Crippen molar-refractivity contribution in [2.75, 3.05) is 0 Å². The molecule has 0 saturated carbocycles. The minimum atomic E-state index is -0.678. The Morgan fingerprint density at radius 1 is 0.525 bits per heavy atom. The van der Waals surface area contributed by atoms with E-state index in [9.17, 15) is 9.59 Å². The molecule has 0 aromatic heterocycles. The molecule has 4 nitrogen and oxygen atoms in total. The molecule has 0 rings (SSSR count). The van der Waals surface area contributed by atoms with Gasteiger partial charge in [0.2, 0.25) is 0 Å². The van der Waals surface area contributed by atoms with Crippen LogP contribution in [0.1, 0.15) is 200 Å². The van der Waals surface area contributed by atoms with Gasteiger partial charge in [-0.05, 0) is 64.2 Å². The van der Waals surface area contributed by atoms with Crippen molar-refractivity contribution in [3.63, 3.8) is 0 Å². The molecular weight excluding hydrogens is 496 g/mol. The third kappa shape index (κ3) is 31.2. The van der Waals surface area contributed by atoms with Crippen molar-refractivity contribution in [3.05, 3.63) is 12.2 Å². The van der Waals surface area contributed by atoms with Crippen molar-refractivity contribution >= 4 is 11.9 Å². The lowest BCUT2D eigenvalue weighted by Crippen LogP contribution is -2.18. The van der Waals surface area contributed by atoms with E-state index in [0.717, 1.165) is 51.4 Å². The molecule has 0 amide bonds. The van der Waals surface area contributed by atoms with Crippen molar-refractivity contribution in [1.29, 1.82) is 0 Å². The van der Waals surface area contributed by atoms with Crippen LogP contribution in [0.3, 0.4) is 0 Å². The van der Waals surface area contributed by atoms with E-state index in [1.165, 1.54) is 122 Å². The molecule has 0 aliphatic rings. The lowest BCUT2D eigenvalue weighted by Gasteiger charge is -2.18. The minimum Gasteiger partial charge on any atom is -0.481 e. The van der Waals surface area contributed by atoms with Gasteiger partial charge in [0.15, 0.2) is 0 Å². The fourth-order valence-corrected chi connectivity index (χ4v) is 5.35. The number of allylic oxidation sites excluding steroid dienone is 2. The van der Waals surface area contributed by atoms with Crippen LogP contribution in [-0.4, -0.2) is 23.1 Å². The second-order valence-corrected chi connectivity index (χ2v) is 12.1. The van der Waals surface area contributed by atoms with Crippen molar-refractivity contribution < 1.29 is 19.4 Å². The average molecular weight is 565 g/mol. The highest BCUT2D eigenvalue weighted by Gasteiger charge is 2.14. The van der Waals surface area contributed by atoms with E-state index in [0.29, 0.717) is 12.8 Å². The predicted octanol–water partition coefficient (Wildman–Crippen LogP) is 11.9. The van der Waals surface area contributed by atoms with Gasteiger partial charge in [-0.15, -0.1) is 0 Å².